The zero-order valence-corrected chi connectivity index (χ0v) is 14.6. The zero-order chi connectivity index (χ0) is 16.6. The van der Waals surface area contributed by atoms with E-state index in [0.29, 0.717) is 13.0 Å². The maximum atomic E-state index is 12.0. The minimum absolute atomic E-state index is 0.189. The van der Waals surface area contributed by atoms with Crippen molar-refractivity contribution < 1.29 is 9.21 Å². The molecule has 3 aromatic rings. The number of aromatic nitrogens is 2. The fourth-order valence-electron chi connectivity index (χ4n) is 2.08. The van der Waals surface area contributed by atoms with Gasteiger partial charge in [0.25, 0.3) is 0 Å². The topological polar surface area (TPSA) is 68.0 Å². The Labute approximate surface area is 148 Å². The van der Waals surface area contributed by atoms with E-state index in [1.54, 1.807) is 18.0 Å². The summed E-state index contributed by atoms with van der Waals surface area (Å²) >= 11 is 3.14. The molecule has 2 aromatic heterocycles. The van der Waals surface area contributed by atoms with Crippen molar-refractivity contribution in [3.63, 3.8) is 0 Å². The first-order valence-electron chi connectivity index (χ1n) is 7.62. The fraction of sp³-hybridized carbons (Fsp3) is 0.235. The molecule has 124 valence electrons. The van der Waals surface area contributed by atoms with Crippen molar-refractivity contribution >= 4 is 34.0 Å². The lowest BCUT2D eigenvalue weighted by atomic mass is 10.1. The van der Waals surface area contributed by atoms with Crippen LogP contribution in [0.4, 0.5) is 5.13 Å². The highest BCUT2D eigenvalue weighted by atomic mass is 32.2. The van der Waals surface area contributed by atoms with E-state index in [2.05, 4.69) is 15.5 Å². The van der Waals surface area contributed by atoms with Crippen LogP contribution in [0.1, 0.15) is 29.0 Å². The summed E-state index contributed by atoms with van der Waals surface area (Å²) in [6.45, 7) is 0.595. The van der Waals surface area contributed by atoms with E-state index in [1.807, 2.05) is 42.5 Å². The SMILES string of the molecule is O=C(CCCSc1nnc(NCc2ccco2)s1)c1ccccc1. The van der Waals surface area contributed by atoms with Gasteiger partial charge >= 0.3 is 0 Å². The first kappa shape index (κ1) is 16.7. The molecule has 0 aliphatic rings. The third-order valence-corrected chi connectivity index (χ3v) is 5.37. The first-order valence-corrected chi connectivity index (χ1v) is 9.42. The van der Waals surface area contributed by atoms with Gasteiger partial charge in [0.05, 0.1) is 12.8 Å². The third kappa shape index (κ3) is 4.94. The summed E-state index contributed by atoms with van der Waals surface area (Å²) in [6.07, 6.45) is 3.03. The number of nitrogens with zero attached hydrogens (tertiary/aromatic N) is 2. The molecule has 1 N–H and O–H groups in total. The van der Waals surface area contributed by atoms with Gasteiger partial charge in [-0.1, -0.05) is 53.4 Å². The number of nitrogens with one attached hydrogen (secondary N) is 1. The van der Waals surface area contributed by atoms with Crippen molar-refractivity contribution in [2.75, 3.05) is 11.1 Å². The Morgan fingerprint density at radius 3 is 2.83 bits per heavy atom. The van der Waals surface area contributed by atoms with E-state index in [0.717, 1.165) is 33.0 Å². The Morgan fingerprint density at radius 1 is 1.17 bits per heavy atom. The quantitative estimate of drug-likeness (QED) is 0.345. The van der Waals surface area contributed by atoms with Crippen molar-refractivity contribution in [2.24, 2.45) is 0 Å². The number of ketones is 1. The number of thioether (sulfide) groups is 1. The number of hydrogen-bond acceptors (Lipinski definition) is 7. The lowest BCUT2D eigenvalue weighted by Crippen LogP contribution is -1.98. The van der Waals surface area contributed by atoms with Crippen LogP contribution in [0.3, 0.4) is 0 Å². The Morgan fingerprint density at radius 2 is 2.04 bits per heavy atom. The second-order valence-electron chi connectivity index (χ2n) is 5.05. The number of furan rings is 1. The lowest BCUT2D eigenvalue weighted by Gasteiger charge is -2.00. The molecule has 1 aromatic carbocycles. The summed E-state index contributed by atoms with van der Waals surface area (Å²) < 4.78 is 6.16. The zero-order valence-electron chi connectivity index (χ0n) is 13.0. The van der Waals surface area contributed by atoms with Crippen molar-refractivity contribution in [1.29, 1.82) is 0 Å². The van der Waals surface area contributed by atoms with E-state index in [1.165, 1.54) is 11.3 Å². The molecule has 2 heterocycles. The minimum atomic E-state index is 0.189. The van der Waals surface area contributed by atoms with Crippen LogP contribution < -0.4 is 5.32 Å². The van der Waals surface area contributed by atoms with E-state index in [-0.39, 0.29) is 5.78 Å². The number of Topliss-reactive ketones (excluding diaryl/α,β-unsaturated/α-hetero) is 1. The summed E-state index contributed by atoms with van der Waals surface area (Å²) in [6, 6.07) is 13.2. The highest BCUT2D eigenvalue weighted by molar-refractivity contribution is 8.01. The molecule has 0 saturated heterocycles. The summed E-state index contributed by atoms with van der Waals surface area (Å²) in [7, 11) is 0. The number of benzene rings is 1. The molecule has 0 bridgehead atoms. The monoisotopic (exact) mass is 359 g/mol. The molecule has 7 heteroatoms. The molecule has 3 rings (SSSR count). The lowest BCUT2D eigenvalue weighted by molar-refractivity contribution is 0.0982. The highest BCUT2D eigenvalue weighted by Crippen LogP contribution is 2.26. The molecule has 0 fully saturated rings. The van der Waals surface area contributed by atoms with Crippen LogP contribution in [0.25, 0.3) is 0 Å². The van der Waals surface area contributed by atoms with Crippen molar-refractivity contribution in [3.05, 3.63) is 60.1 Å². The maximum absolute atomic E-state index is 12.0. The number of anilines is 1. The number of carbonyl (C=O) groups excluding carboxylic acids is 1. The van der Waals surface area contributed by atoms with Gasteiger partial charge in [-0.25, -0.2) is 0 Å². The van der Waals surface area contributed by atoms with Gasteiger partial charge < -0.3 is 9.73 Å². The molecule has 0 aliphatic carbocycles. The molecule has 24 heavy (non-hydrogen) atoms. The highest BCUT2D eigenvalue weighted by Gasteiger charge is 2.07. The molecule has 5 nitrogen and oxygen atoms in total. The average molecular weight is 359 g/mol. The maximum Gasteiger partial charge on any atom is 0.206 e. The molecule has 0 atom stereocenters. The Hall–Kier alpha value is -2.12. The Bertz CT molecular complexity index is 757. The van der Waals surface area contributed by atoms with Gasteiger partial charge in [-0.3, -0.25) is 4.79 Å². The summed E-state index contributed by atoms with van der Waals surface area (Å²) in [5.74, 6) is 1.90. The van der Waals surface area contributed by atoms with Gasteiger partial charge in [0.15, 0.2) is 10.1 Å². The standard InChI is InChI=1S/C17H17N3O2S2/c21-15(13-6-2-1-3-7-13)9-5-11-23-17-20-19-16(24-17)18-12-14-8-4-10-22-14/h1-4,6-8,10H,5,9,11-12H2,(H,18,19). The number of hydrogen-bond donors (Lipinski definition) is 1. The van der Waals surface area contributed by atoms with E-state index in [9.17, 15) is 4.79 Å². The summed E-state index contributed by atoms with van der Waals surface area (Å²) in [5, 5.41) is 12.2. The van der Waals surface area contributed by atoms with Crippen LogP contribution in [-0.4, -0.2) is 21.7 Å². The van der Waals surface area contributed by atoms with E-state index >= 15 is 0 Å². The van der Waals surface area contributed by atoms with Crippen LogP contribution in [-0.2, 0) is 6.54 Å². The van der Waals surface area contributed by atoms with E-state index in [4.69, 9.17) is 4.42 Å². The van der Waals surface area contributed by atoms with Crippen LogP contribution in [0, 0.1) is 0 Å². The smallest absolute Gasteiger partial charge is 0.206 e. The molecule has 0 aliphatic heterocycles. The number of carbonyl (C=O) groups is 1. The molecule has 0 spiro atoms. The first-order chi connectivity index (χ1) is 11.8. The second kappa shape index (κ2) is 8.65. The molecule has 0 unspecified atom stereocenters. The van der Waals surface area contributed by atoms with Gasteiger partial charge in [-0.15, -0.1) is 10.2 Å². The molecular formula is C17H17N3O2S2. The van der Waals surface area contributed by atoms with Gasteiger partial charge in [0.2, 0.25) is 5.13 Å². The average Bonchev–Trinajstić information content (AvgIpc) is 3.29. The van der Waals surface area contributed by atoms with Crippen LogP contribution in [0.5, 0.6) is 0 Å². The predicted octanol–water partition coefficient (Wildman–Crippen LogP) is 4.50. The fourth-order valence-corrected chi connectivity index (χ4v) is 3.83. The van der Waals surface area contributed by atoms with E-state index < -0.39 is 0 Å². The second-order valence-corrected chi connectivity index (χ2v) is 7.37. The van der Waals surface area contributed by atoms with Gasteiger partial charge in [0, 0.05) is 17.7 Å². The van der Waals surface area contributed by atoms with Gasteiger partial charge in [-0.2, -0.15) is 0 Å². The van der Waals surface area contributed by atoms with Crippen LogP contribution in [0.15, 0.2) is 57.5 Å². The minimum Gasteiger partial charge on any atom is -0.467 e. The van der Waals surface area contributed by atoms with Crippen molar-refractivity contribution in [2.45, 2.75) is 23.7 Å². The van der Waals surface area contributed by atoms with Gasteiger partial charge in [-0.05, 0) is 18.6 Å². The van der Waals surface area contributed by atoms with Crippen LogP contribution in [0.2, 0.25) is 0 Å². The third-order valence-electron chi connectivity index (χ3n) is 3.27. The Balaban J connectivity index is 1.37. The molecule has 0 saturated carbocycles. The summed E-state index contributed by atoms with van der Waals surface area (Å²) in [5.41, 5.74) is 0.780. The predicted molar refractivity (Wildman–Crippen MR) is 96.7 cm³/mol. The Kier molecular flexibility index (Phi) is 6.03. The van der Waals surface area contributed by atoms with Crippen LogP contribution >= 0.6 is 23.1 Å². The van der Waals surface area contributed by atoms with Gasteiger partial charge in [0.1, 0.15) is 5.76 Å². The largest absolute Gasteiger partial charge is 0.467 e. The van der Waals surface area contributed by atoms with Crippen molar-refractivity contribution in [1.82, 2.24) is 10.2 Å². The molecule has 0 radical (unpaired) electrons. The molecule has 0 amide bonds. The summed E-state index contributed by atoms with van der Waals surface area (Å²) in [4.78, 5) is 12.0. The molecular weight excluding hydrogens is 342 g/mol. The number of rotatable bonds is 9. The van der Waals surface area contributed by atoms with Crippen molar-refractivity contribution in [3.8, 4) is 0 Å². The normalized spacial score (nSPS) is 10.7.